The zero-order chi connectivity index (χ0) is 16.8. The zero-order valence-corrected chi connectivity index (χ0v) is 14.4. The predicted octanol–water partition coefficient (Wildman–Crippen LogP) is 5.20. The van der Waals surface area contributed by atoms with Crippen LogP contribution in [0, 0.1) is 5.92 Å². The fourth-order valence-corrected chi connectivity index (χ4v) is 2.91. The van der Waals surface area contributed by atoms with Crippen molar-refractivity contribution in [2.75, 3.05) is 0 Å². The first-order chi connectivity index (χ1) is 11.8. The summed E-state index contributed by atoms with van der Waals surface area (Å²) in [6, 6.07) is 4.57. The molecule has 2 aliphatic carbocycles. The van der Waals surface area contributed by atoms with E-state index in [2.05, 4.69) is 84.0 Å². The number of rotatable bonds is 5. The third-order valence-electron chi connectivity index (χ3n) is 4.56. The van der Waals surface area contributed by atoms with Crippen LogP contribution in [0.4, 0.5) is 0 Å². The third kappa shape index (κ3) is 4.00. The summed E-state index contributed by atoms with van der Waals surface area (Å²) >= 11 is 0. The van der Waals surface area contributed by atoms with Gasteiger partial charge in [0.2, 0.25) is 0 Å². The van der Waals surface area contributed by atoms with Gasteiger partial charge in [0.25, 0.3) is 0 Å². The standard InChI is InChI=1S/C22H24N2/c1-3-19-8-6-10-21(14-12-19)23-22-11-7-9-20(13-15-22)18(2)24-16-4-5-17-24/h4-5,8-12,14-18,20,23H,3,13H2,1-2H3. The molecule has 0 radical (unpaired) electrons. The molecule has 24 heavy (non-hydrogen) atoms. The van der Waals surface area contributed by atoms with Gasteiger partial charge in [0.1, 0.15) is 0 Å². The van der Waals surface area contributed by atoms with Crippen LogP contribution in [0.25, 0.3) is 0 Å². The summed E-state index contributed by atoms with van der Waals surface area (Å²) in [6.45, 7) is 4.41. The monoisotopic (exact) mass is 316 g/mol. The zero-order valence-electron chi connectivity index (χ0n) is 14.4. The molecule has 0 amide bonds. The fourth-order valence-electron chi connectivity index (χ4n) is 2.91. The molecule has 1 aromatic rings. The van der Waals surface area contributed by atoms with Crippen molar-refractivity contribution in [2.24, 2.45) is 5.92 Å². The lowest BCUT2D eigenvalue weighted by Crippen LogP contribution is -2.13. The minimum atomic E-state index is 0.423. The van der Waals surface area contributed by atoms with Crippen LogP contribution in [0.5, 0.6) is 0 Å². The van der Waals surface area contributed by atoms with Crippen molar-refractivity contribution in [3.8, 4) is 0 Å². The van der Waals surface area contributed by atoms with E-state index in [9.17, 15) is 0 Å². The van der Waals surface area contributed by atoms with Crippen LogP contribution in [0.1, 0.15) is 32.7 Å². The maximum atomic E-state index is 3.47. The van der Waals surface area contributed by atoms with Crippen LogP contribution in [-0.2, 0) is 0 Å². The quantitative estimate of drug-likeness (QED) is 0.739. The number of nitrogens with zero attached hydrogens (tertiary/aromatic N) is 1. The van der Waals surface area contributed by atoms with E-state index >= 15 is 0 Å². The second kappa shape index (κ2) is 7.75. The fraction of sp³-hybridized carbons (Fsp3) is 0.273. The number of nitrogens with one attached hydrogen (secondary N) is 1. The van der Waals surface area contributed by atoms with Gasteiger partial charge in [0.05, 0.1) is 0 Å². The van der Waals surface area contributed by atoms with E-state index in [1.165, 1.54) is 5.57 Å². The van der Waals surface area contributed by atoms with E-state index in [1.807, 2.05) is 18.2 Å². The van der Waals surface area contributed by atoms with Crippen molar-refractivity contribution in [3.63, 3.8) is 0 Å². The van der Waals surface area contributed by atoms with Crippen LogP contribution in [-0.4, -0.2) is 4.57 Å². The Morgan fingerprint density at radius 2 is 1.92 bits per heavy atom. The number of hydrogen-bond donors (Lipinski definition) is 1. The Bertz CT molecular complexity index is 787. The van der Waals surface area contributed by atoms with Gasteiger partial charge in [-0.1, -0.05) is 19.1 Å². The Kier molecular flexibility index (Phi) is 5.23. The van der Waals surface area contributed by atoms with Gasteiger partial charge in [-0.3, -0.25) is 0 Å². The maximum absolute atomic E-state index is 3.47. The smallest absolute Gasteiger partial charge is 0.0462 e. The Morgan fingerprint density at radius 1 is 1.12 bits per heavy atom. The number of aromatic nitrogens is 1. The number of hydrogen-bond acceptors (Lipinski definition) is 1. The third-order valence-corrected chi connectivity index (χ3v) is 4.56. The summed E-state index contributed by atoms with van der Waals surface area (Å²) in [7, 11) is 0. The lowest BCUT2D eigenvalue weighted by atomic mass is 9.97. The molecule has 1 N–H and O–H groups in total. The highest BCUT2D eigenvalue weighted by Gasteiger charge is 2.15. The van der Waals surface area contributed by atoms with Gasteiger partial charge in [-0.2, -0.15) is 0 Å². The van der Waals surface area contributed by atoms with Gasteiger partial charge in [-0.05, 0) is 55.7 Å². The van der Waals surface area contributed by atoms with Crippen LogP contribution in [0.2, 0.25) is 0 Å². The molecule has 122 valence electrons. The summed E-state index contributed by atoms with van der Waals surface area (Å²) in [4.78, 5) is 0. The topological polar surface area (TPSA) is 17.0 Å². The number of allylic oxidation sites excluding steroid dienone is 6. The molecular weight excluding hydrogens is 292 g/mol. The molecule has 0 saturated carbocycles. The molecule has 2 aliphatic rings. The van der Waals surface area contributed by atoms with Gasteiger partial charge in [-0.25, -0.2) is 0 Å². The molecule has 1 aromatic heterocycles. The largest absolute Gasteiger partial charge is 0.355 e. The van der Waals surface area contributed by atoms with E-state index in [4.69, 9.17) is 0 Å². The molecule has 0 bridgehead atoms. The molecule has 0 fully saturated rings. The van der Waals surface area contributed by atoms with E-state index < -0.39 is 0 Å². The molecular formula is C22H24N2. The Labute approximate surface area is 144 Å². The van der Waals surface area contributed by atoms with Crippen molar-refractivity contribution >= 4 is 0 Å². The average Bonchev–Trinajstić information content (AvgIpc) is 2.91. The lowest BCUT2D eigenvalue weighted by Gasteiger charge is -2.20. The minimum absolute atomic E-state index is 0.423. The molecule has 0 aromatic carbocycles. The van der Waals surface area contributed by atoms with Crippen LogP contribution < -0.4 is 5.32 Å². The van der Waals surface area contributed by atoms with Crippen LogP contribution in [0.15, 0.2) is 95.5 Å². The second-order valence-electron chi connectivity index (χ2n) is 6.21. The lowest BCUT2D eigenvalue weighted by molar-refractivity contribution is 0.421. The summed E-state index contributed by atoms with van der Waals surface area (Å²) in [5.41, 5.74) is 9.99. The molecule has 1 heterocycles. The van der Waals surface area contributed by atoms with Crippen molar-refractivity contribution in [3.05, 3.63) is 95.5 Å². The Balaban J connectivity index is 1.69. The summed E-state index contributed by atoms with van der Waals surface area (Å²) < 4.78 is 2.26. The summed E-state index contributed by atoms with van der Waals surface area (Å²) in [5.74, 6) is 0.443. The average molecular weight is 316 g/mol. The predicted molar refractivity (Wildman–Crippen MR) is 100 cm³/mol. The second-order valence-corrected chi connectivity index (χ2v) is 6.21. The van der Waals surface area contributed by atoms with Crippen molar-refractivity contribution < 1.29 is 0 Å². The summed E-state index contributed by atoms with van der Waals surface area (Å²) in [6.07, 6.45) is 21.0. The van der Waals surface area contributed by atoms with Gasteiger partial charge < -0.3 is 9.88 Å². The molecule has 0 aliphatic heterocycles. The van der Waals surface area contributed by atoms with Crippen LogP contribution >= 0.6 is 0 Å². The van der Waals surface area contributed by atoms with E-state index in [-0.39, 0.29) is 0 Å². The molecule has 0 spiro atoms. The highest BCUT2D eigenvalue weighted by atomic mass is 15.0. The van der Waals surface area contributed by atoms with Crippen LogP contribution in [0.3, 0.4) is 0 Å². The van der Waals surface area contributed by atoms with Gasteiger partial charge in [0.15, 0.2) is 0 Å². The van der Waals surface area contributed by atoms with E-state index in [0.29, 0.717) is 12.0 Å². The first-order valence-corrected chi connectivity index (χ1v) is 8.62. The Morgan fingerprint density at radius 3 is 2.71 bits per heavy atom. The van der Waals surface area contributed by atoms with Crippen molar-refractivity contribution in [2.45, 2.75) is 32.7 Å². The molecule has 3 rings (SSSR count). The first kappa shape index (κ1) is 16.2. The SMILES string of the molecule is CCC1=CC=C(NC2=CCC(C(C)n3cccc3)C=C=C2)C=C=C1. The maximum Gasteiger partial charge on any atom is 0.0462 e. The Hall–Kier alpha value is -2.66. The highest BCUT2D eigenvalue weighted by molar-refractivity contribution is 5.36. The molecule has 2 nitrogen and oxygen atoms in total. The molecule has 0 saturated heterocycles. The first-order valence-electron chi connectivity index (χ1n) is 8.62. The highest BCUT2D eigenvalue weighted by Crippen LogP contribution is 2.25. The van der Waals surface area contributed by atoms with Gasteiger partial charge in [-0.15, -0.1) is 11.5 Å². The summed E-state index contributed by atoms with van der Waals surface area (Å²) in [5, 5.41) is 3.47. The molecule has 2 unspecified atom stereocenters. The van der Waals surface area contributed by atoms with Crippen molar-refractivity contribution in [1.82, 2.24) is 9.88 Å². The van der Waals surface area contributed by atoms with Gasteiger partial charge >= 0.3 is 0 Å². The molecule has 2 atom stereocenters. The van der Waals surface area contributed by atoms with E-state index in [0.717, 1.165) is 24.2 Å². The van der Waals surface area contributed by atoms with Gasteiger partial charge in [0, 0.05) is 47.9 Å². The molecule has 2 heteroatoms. The normalized spacial score (nSPS) is 20.8. The van der Waals surface area contributed by atoms with E-state index in [1.54, 1.807) is 0 Å². The van der Waals surface area contributed by atoms with Crippen molar-refractivity contribution in [1.29, 1.82) is 0 Å². The minimum Gasteiger partial charge on any atom is -0.355 e.